The summed E-state index contributed by atoms with van der Waals surface area (Å²) in [4.78, 5) is 39.5. The largest absolute Gasteiger partial charge is 0.482 e. The number of rotatable bonds is 4. The normalized spacial score (nSPS) is 12.9. The van der Waals surface area contributed by atoms with Crippen molar-refractivity contribution in [3.63, 3.8) is 0 Å². The fourth-order valence-corrected chi connectivity index (χ4v) is 2.64. The molecule has 8 heteroatoms. The van der Waals surface area contributed by atoms with Gasteiger partial charge in [0.15, 0.2) is 6.61 Å². The molecule has 3 rings (SSSR count). The summed E-state index contributed by atoms with van der Waals surface area (Å²) in [5.41, 5.74) is 1.15. The lowest BCUT2D eigenvalue weighted by Crippen LogP contribution is -2.43. The van der Waals surface area contributed by atoms with Crippen LogP contribution in [-0.4, -0.2) is 49.9 Å². The number of carbonyl (C=O) groups is 3. The van der Waals surface area contributed by atoms with E-state index in [2.05, 4.69) is 5.32 Å². The molecule has 0 radical (unpaired) electrons. The zero-order chi connectivity index (χ0) is 19.6. The van der Waals surface area contributed by atoms with Gasteiger partial charge in [-0.1, -0.05) is 0 Å². The lowest BCUT2D eigenvalue weighted by molar-refractivity contribution is -0.123. The Morgan fingerprint density at radius 3 is 2.56 bits per heavy atom. The van der Waals surface area contributed by atoms with E-state index in [1.807, 2.05) is 0 Å². The molecule has 1 aliphatic heterocycles. The van der Waals surface area contributed by atoms with Crippen LogP contribution in [0.25, 0.3) is 0 Å². The van der Waals surface area contributed by atoms with E-state index >= 15 is 0 Å². The summed E-state index contributed by atoms with van der Waals surface area (Å²) >= 11 is 0. The van der Waals surface area contributed by atoms with E-state index in [1.165, 1.54) is 40.1 Å². The van der Waals surface area contributed by atoms with E-state index < -0.39 is 17.6 Å². The second-order valence-electron chi connectivity index (χ2n) is 6.21. The summed E-state index contributed by atoms with van der Waals surface area (Å²) in [6.45, 7) is -0.454. The first kappa shape index (κ1) is 18.4. The number of nitrogens with zero attached hydrogens (tertiary/aromatic N) is 2. The van der Waals surface area contributed by atoms with Crippen molar-refractivity contribution in [2.45, 2.75) is 0 Å². The fourth-order valence-electron chi connectivity index (χ4n) is 2.64. The van der Waals surface area contributed by atoms with Gasteiger partial charge in [-0.15, -0.1) is 0 Å². The molecule has 27 heavy (non-hydrogen) atoms. The summed E-state index contributed by atoms with van der Waals surface area (Å²) in [7, 11) is 3.24. The second kappa shape index (κ2) is 7.45. The predicted molar refractivity (Wildman–Crippen MR) is 97.3 cm³/mol. The Morgan fingerprint density at radius 1 is 1.19 bits per heavy atom. The molecule has 2 aromatic rings. The Balaban J connectivity index is 1.82. The standard InChI is InChI=1S/C19H18FN3O4/c1-22(2)19(26)12-3-8-16-15(9-12)23(18(25)11-27-16)10-17(24)21-14-6-4-13(20)5-7-14/h3-9H,10-11H2,1-2H3,(H,21,24). The second-order valence-corrected chi connectivity index (χ2v) is 6.21. The minimum absolute atomic E-state index is 0.197. The molecule has 1 heterocycles. The van der Waals surface area contributed by atoms with Crippen LogP contribution in [0.1, 0.15) is 10.4 Å². The molecule has 0 aliphatic carbocycles. The lowest BCUT2D eigenvalue weighted by Gasteiger charge is -2.29. The molecule has 0 atom stereocenters. The average molecular weight is 371 g/mol. The molecule has 3 amide bonds. The van der Waals surface area contributed by atoms with Crippen LogP contribution in [0, 0.1) is 5.82 Å². The van der Waals surface area contributed by atoms with Gasteiger partial charge in [0.25, 0.3) is 11.8 Å². The Hall–Kier alpha value is -3.42. The molecule has 7 nitrogen and oxygen atoms in total. The van der Waals surface area contributed by atoms with Crippen molar-refractivity contribution in [1.82, 2.24) is 4.90 Å². The molecule has 140 valence electrons. The Kier molecular flexibility index (Phi) is 5.07. The van der Waals surface area contributed by atoms with Crippen molar-refractivity contribution in [2.24, 2.45) is 0 Å². The van der Waals surface area contributed by atoms with Gasteiger partial charge in [-0.25, -0.2) is 4.39 Å². The minimum Gasteiger partial charge on any atom is -0.482 e. The highest BCUT2D eigenvalue weighted by molar-refractivity contribution is 6.06. The molecule has 0 aromatic heterocycles. The molecule has 1 N–H and O–H groups in total. The van der Waals surface area contributed by atoms with Gasteiger partial charge in [-0.05, 0) is 42.5 Å². The highest BCUT2D eigenvalue weighted by atomic mass is 19.1. The van der Waals surface area contributed by atoms with Crippen molar-refractivity contribution in [3.05, 3.63) is 53.8 Å². The summed E-state index contributed by atoms with van der Waals surface area (Å²) < 4.78 is 18.3. The summed E-state index contributed by atoms with van der Waals surface area (Å²) in [6.07, 6.45) is 0. The number of nitrogens with one attached hydrogen (secondary N) is 1. The van der Waals surface area contributed by atoms with Gasteiger partial charge in [-0.2, -0.15) is 0 Å². The minimum atomic E-state index is -0.452. The number of carbonyl (C=O) groups excluding carboxylic acids is 3. The SMILES string of the molecule is CN(C)C(=O)c1ccc2c(c1)N(CC(=O)Nc1ccc(F)cc1)C(=O)CO2. The van der Waals surface area contributed by atoms with Gasteiger partial charge in [0.05, 0.1) is 5.69 Å². The highest BCUT2D eigenvalue weighted by Gasteiger charge is 2.28. The lowest BCUT2D eigenvalue weighted by atomic mass is 10.1. The van der Waals surface area contributed by atoms with Crippen molar-refractivity contribution in [3.8, 4) is 5.75 Å². The van der Waals surface area contributed by atoms with Crippen LogP contribution in [0.5, 0.6) is 5.75 Å². The van der Waals surface area contributed by atoms with Gasteiger partial charge in [0.1, 0.15) is 18.1 Å². The topological polar surface area (TPSA) is 79.0 Å². The van der Waals surface area contributed by atoms with Gasteiger partial charge in [-0.3, -0.25) is 19.3 Å². The first-order chi connectivity index (χ1) is 12.8. The molecule has 0 saturated heterocycles. The maximum Gasteiger partial charge on any atom is 0.265 e. The van der Waals surface area contributed by atoms with Gasteiger partial charge in [0, 0.05) is 25.3 Å². The zero-order valence-corrected chi connectivity index (χ0v) is 14.9. The Bertz CT molecular complexity index is 896. The molecular formula is C19H18FN3O4. The van der Waals surface area contributed by atoms with Gasteiger partial charge in [0.2, 0.25) is 5.91 Å². The summed E-state index contributed by atoms with van der Waals surface area (Å²) in [6, 6.07) is 10.0. The highest BCUT2D eigenvalue weighted by Crippen LogP contribution is 2.33. The number of hydrogen-bond acceptors (Lipinski definition) is 4. The summed E-state index contributed by atoms with van der Waals surface area (Å²) in [5, 5.41) is 2.61. The third kappa shape index (κ3) is 4.05. The van der Waals surface area contributed by atoms with Crippen LogP contribution in [0.15, 0.2) is 42.5 Å². The van der Waals surface area contributed by atoms with E-state index in [1.54, 1.807) is 26.2 Å². The predicted octanol–water partition coefficient (Wildman–Crippen LogP) is 1.89. The first-order valence-corrected chi connectivity index (χ1v) is 8.19. The maximum atomic E-state index is 13.0. The van der Waals surface area contributed by atoms with Crippen LogP contribution < -0.4 is 15.0 Å². The molecule has 1 aliphatic rings. The van der Waals surface area contributed by atoms with Crippen molar-refractivity contribution < 1.29 is 23.5 Å². The number of halogens is 1. The average Bonchev–Trinajstić information content (AvgIpc) is 2.65. The quantitative estimate of drug-likeness (QED) is 0.890. The molecular weight excluding hydrogens is 353 g/mol. The van der Waals surface area contributed by atoms with E-state index in [0.29, 0.717) is 22.7 Å². The number of benzene rings is 2. The van der Waals surface area contributed by atoms with Crippen molar-refractivity contribution in [1.29, 1.82) is 0 Å². The Morgan fingerprint density at radius 2 is 1.89 bits per heavy atom. The van der Waals surface area contributed by atoms with Crippen molar-refractivity contribution in [2.75, 3.05) is 37.5 Å². The number of hydrogen-bond donors (Lipinski definition) is 1. The number of amides is 3. The van der Waals surface area contributed by atoms with E-state index in [0.717, 1.165) is 0 Å². The van der Waals surface area contributed by atoms with Gasteiger partial charge >= 0.3 is 0 Å². The Labute approximate surface area is 155 Å². The number of anilines is 2. The van der Waals surface area contributed by atoms with Crippen LogP contribution >= 0.6 is 0 Å². The smallest absolute Gasteiger partial charge is 0.265 e. The third-order valence-electron chi connectivity index (χ3n) is 3.98. The number of fused-ring (bicyclic) bond motifs is 1. The summed E-state index contributed by atoms with van der Waals surface area (Å²) in [5.74, 6) is -1.08. The van der Waals surface area contributed by atoms with E-state index in [-0.39, 0.29) is 19.1 Å². The monoisotopic (exact) mass is 371 g/mol. The molecule has 0 bridgehead atoms. The maximum absolute atomic E-state index is 13.0. The van der Waals surface area contributed by atoms with E-state index in [4.69, 9.17) is 4.74 Å². The molecule has 2 aromatic carbocycles. The van der Waals surface area contributed by atoms with Crippen LogP contribution in [0.3, 0.4) is 0 Å². The van der Waals surface area contributed by atoms with Crippen LogP contribution in [-0.2, 0) is 9.59 Å². The fraction of sp³-hybridized carbons (Fsp3) is 0.211. The molecule has 0 spiro atoms. The van der Waals surface area contributed by atoms with E-state index in [9.17, 15) is 18.8 Å². The third-order valence-corrected chi connectivity index (χ3v) is 3.98. The van der Waals surface area contributed by atoms with Crippen LogP contribution in [0.4, 0.5) is 15.8 Å². The molecule has 0 unspecified atom stereocenters. The van der Waals surface area contributed by atoms with Gasteiger partial charge < -0.3 is 15.0 Å². The molecule has 0 fully saturated rings. The molecule has 0 saturated carbocycles. The zero-order valence-electron chi connectivity index (χ0n) is 14.9. The van der Waals surface area contributed by atoms with Crippen molar-refractivity contribution >= 4 is 29.1 Å². The van der Waals surface area contributed by atoms with Crippen LogP contribution in [0.2, 0.25) is 0 Å². The first-order valence-electron chi connectivity index (χ1n) is 8.19. The number of ether oxygens (including phenoxy) is 1.